The first-order valence-corrected chi connectivity index (χ1v) is 10.3. The summed E-state index contributed by atoms with van der Waals surface area (Å²) in [6.45, 7) is 8.77. The topological polar surface area (TPSA) is 49.0 Å². The van der Waals surface area contributed by atoms with E-state index < -0.39 is 0 Å². The van der Waals surface area contributed by atoms with Gasteiger partial charge >= 0.3 is 0 Å². The van der Waals surface area contributed by atoms with Crippen LogP contribution < -0.4 is 5.56 Å². The van der Waals surface area contributed by atoms with Crippen LogP contribution in [0.1, 0.15) is 42.7 Å². The van der Waals surface area contributed by atoms with Gasteiger partial charge in [-0.3, -0.25) is 9.69 Å². The van der Waals surface area contributed by atoms with Gasteiger partial charge in [0.15, 0.2) is 0 Å². The molecule has 0 radical (unpaired) electrons. The summed E-state index contributed by atoms with van der Waals surface area (Å²) in [5.41, 5.74) is 4.20. The third kappa shape index (κ3) is 3.89. The average molecular weight is 380 g/mol. The molecule has 0 saturated carbocycles. The molecule has 0 amide bonds. The molecular formula is C22H25N3OS. The van der Waals surface area contributed by atoms with E-state index in [9.17, 15) is 4.79 Å². The minimum absolute atomic E-state index is 0.0343. The van der Waals surface area contributed by atoms with Crippen LogP contribution in [0.3, 0.4) is 0 Å². The summed E-state index contributed by atoms with van der Waals surface area (Å²) in [5, 5.41) is 2.23. The summed E-state index contributed by atoms with van der Waals surface area (Å²) >= 11 is 1.80. The van der Waals surface area contributed by atoms with E-state index in [4.69, 9.17) is 4.98 Å². The monoisotopic (exact) mass is 379 g/mol. The number of nitrogens with zero attached hydrogens (tertiary/aromatic N) is 2. The summed E-state index contributed by atoms with van der Waals surface area (Å²) in [4.78, 5) is 24.0. The molecule has 3 heterocycles. The molecule has 0 fully saturated rings. The fourth-order valence-corrected chi connectivity index (χ4v) is 4.38. The second-order valence-electron chi connectivity index (χ2n) is 8.22. The van der Waals surface area contributed by atoms with Gasteiger partial charge in [-0.25, -0.2) is 4.98 Å². The van der Waals surface area contributed by atoms with Gasteiger partial charge in [0, 0.05) is 35.5 Å². The van der Waals surface area contributed by atoms with E-state index in [1.165, 1.54) is 16.0 Å². The van der Waals surface area contributed by atoms with E-state index in [-0.39, 0.29) is 11.0 Å². The Labute approximate surface area is 163 Å². The van der Waals surface area contributed by atoms with Crippen molar-refractivity contribution in [3.63, 3.8) is 0 Å². The molecule has 140 valence electrons. The lowest BCUT2D eigenvalue weighted by molar-refractivity contribution is 0.241. The van der Waals surface area contributed by atoms with Gasteiger partial charge < -0.3 is 4.98 Å². The Morgan fingerprint density at radius 1 is 1.19 bits per heavy atom. The fourth-order valence-electron chi connectivity index (χ4n) is 3.45. The van der Waals surface area contributed by atoms with Crippen LogP contribution in [-0.4, -0.2) is 21.4 Å². The first kappa shape index (κ1) is 18.1. The molecule has 0 bridgehead atoms. The van der Waals surface area contributed by atoms with Gasteiger partial charge in [0.25, 0.3) is 5.56 Å². The van der Waals surface area contributed by atoms with Crippen molar-refractivity contribution in [3.8, 4) is 11.1 Å². The van der Waals surface area contributed by atoms with Crippen LogP contribution in [0, 0.1) is 0 Å². The highest BCUT2D eigenvalue weighted by Gasteiger charge is 2.25. The van der Waals surface area contributed by atoms with Crippen molar-refractivity contribution in [2.24, 2.45) is 0 Å². The zero-order chi connectivity index (χ0) is 19.0. The number of rotatable bonds is 3. The van der Waals surface area contributed by atoms with Crippen LogP contribution in [0.2, 0.25) is 0 Å². The Morgan fingerprint density at radius 3 is 2.70 bits per heavy atom. The van der Waals surface area contributed by atoms with Crippen LogP contribution >= 0.6 is 11.3 Å². The molecular weight excluding hydrogens is 354 g/mol. The van der Waals surface area contributed by atoms with Gasteiger partial charge in [-0.15, -0.1) is 11.3 Å². The Hall–Kier alpha value is -2.24. The second kappa shape index (κ2) is 7.06. The number of H-pyrrole nitrogens is 1. The Morgan fingerprint density at radius 2 is 1.96 bits per heavy atom. The molecule has 0 spiro atoms. The maximum Gasteiger partial charge on any atom is 0.254 e. The van der Waals surface area contributed by atoms with Crippen molar-refractivity contribution in [1.82, 2.24) is 14.9 Å². The number of thiophene rings is 1. The smallest absolute Gasteiger partial charge is 0.254 e. The fraction of sp³-hybridized carbons (Fsp3) is 0.364. The predicted octanol–water partition coefficient (Wildman–Crippen LogP) is 4.35. The second-order valence-corrected chi connectivity index (χ2v) is 9.21. The third-order valence-electron chi connectivity index (χ3n) is 5.00. The summed E-state index contributed by atoms with van der Waals surface area (Å²) < 4.78 is 0. The number of hydrogen-bond acceptors (Lipinski definition) is 4. The molecule has 3 aromatic rings. The van der Waals surface area contributed by atoms with E-state index in [0.29, 0.717) is 0 Å². The van der Waals surface area contributed by atoms with Crippen LogP contribution in [-0.2, 0) is 24.9 Å². The molecule has 1 N–H and O–H groups in total. The van der Waals surface area contributed by atoms with Crippen molar-refractivity contribution in [3.05, 3.63) is 74.1 Å². The lowest BCUT2D eigenvalue weighted by Gasteiger charge is -2.28. The molecule has 4 nitrogen and oxygen atoms in total. The SMILES string of the molecule is CC(C)(C)c1nc2c(c(=O)[nH]1)CCN(Cc1cc(-c3ccccc3)cs1)C2. The molecule has 5 heteroatoms. The standard InChI is InChI=1S/C22H25N3OS/c1-22(2,3)21-23-19-13-25(10-9-18(19)20(26)24-21)12-17-11-16(14-27-17)15-7-5-4-6-8-15/h4-8,11,14H,9-10,12-13H2,1-3H3,(H,23,24,26). The van der Waals surface area contributed by atoms with Gasteiger partial charge in [-0.1, -0.05) is 51.1 Å². The molecule has 2 aromatic heterocycles. The van der Waals surface area contributed by atoms with E-state index >= 15 is 0 Å². The summed E-state index contributed by atoms with van der Waals surface area (Å²) in [5.74, 6) is 0.774. The van der Waals surface area contributed by atoms with E-state index in [1.54, 1.807) is 11.3 Å². The first-order chi connectivity index (χ1) is 12.9. The summed E-state index contributed by atoms with van der Waals surface area (Å²) in [7, 11) is 0. The minimum Gasteiger partial charge on any atom is -0.310 e. The first-order valence-electron chi connectivity index (χ1n) is 9.38. The van der Waals surface area contributed by atoms with Crippen molar-refractivity contribution < 1.29 is 0 Å². The molecule has 1 aromatic carbocycles. The average Bonchev–Trinajstić information content (AvgIpc) is 3.10. The molecule has 0 aliphatic carbocycles. The summed E-state index contributed by atoms with van der Waals surface area (Å²) in [6.07, 6.45) is 0.763. The number of fused-ring (bicyclic) bond motifs is 1. The summed E-state index contributed by atoms with van der Waals surface area (Å²) in [6, 6.07) is 12.8. The van der Waals surface area contributed by atoms with Crippen molar-refractivity contribution in [1.29, 1.82) is 0 Å². The van der Waals surface area contributed by atoms with Gasteiger partial charge in [-0.05, 0) is 29.0 Å². The number of nitrogens with one attached hydrogen (secondary N) is 1. The number of aromatic nitrogens is 2. The molecule has 1 aliphatic rings. The van der Waals surface area contributed by atoms with Crippen LogP contribution in [0.4, 0.5) is 0 Å². The number of benzene rings is 1. The highest BCUT2D eigenvalue weighted by atomic mass is 32.1. The highest BCUT2D eigenvalue weighted by molar-refractivity contribution is 7.10. The highest BCUT2D eigenvalue weighted by Crippen LogP contribution is 2.28. The van der Waals surface area contributed by atoms with Gasteiger partial charge in [-0.2, -0.15) is 0 Å². The molecule has 4 rings (SSSR count). The van der Waals surface area contributed by atoms with Crippen molar-refractivity contribution in [2.45, 2.75) is 45.7 Å². The van der Waals surface area contributed by atoms with E-state index in [1.807, 2.05) is 6.07 Å². The molecule has 0 atom stereocenters. The third-order valence-corrected chi connectivity index (χ3v) is 5.92. The predicted molar refractivity (Wildman–Crippen MR) is 111 cm³/mol. The van der Waals surface area contributed by atoms with Crippen LogP contribution in [0.25, 0.3) is 11.1 Å². The maximum atomic E-state index is 12.4. The Balaban J connectivity index is 1.53. The van der Waals surface area contributed by atoms with Crippen molar-refractivity contribution in [2.75, 3.05) is 6.54 Å². The molecule has 27 heavy (non-hydrogen) atoms. The van der Waals surface area contributed by atoms with Gasteiger partial charge in [0.1, 0.15) is 5.82 Å². The normalized spacial score (nSPS) is 14.9. The largest absolute Gasteiger partial charge is 0.310 e. The lowest BCUT2D eigenvalue weighted by atomic mass is 9.95. The van der Waals surface area contributed by atoms with Crippen LogP contribution in [0.5, 0.6) is 0 Å². The maximum absolute atomic E-state index is 12.4. The number of hydrogen-bond donors (Lipinski definition) is 1. The van der Waals surface area contributed by atoms with E-state index in [2.05, 4.69) is 66.4 Å². The molecule has 0 saturated heterocycles. The Kier molecular flexibility index (Phi) is 4.74. The molecule has 0 unspecified atom stereocenters. The zero-order valence-electron chi connectivity index (χ0n) is 16.1. The van der Waals surface area contributed by atoms with Gasteiger partial charge in [0.05, 0.1) is 5.69 Å². The van der Waals surface area contributed by atoms with E-state index in [0.717, 1.165) is 43.1 Å². The van der Waals surface area contributed by atoms with Crippen LogP contribution in [0.15, 0.2) is 46.6 Å². The minimum atomic E-state index is -0.158. The zero-order valence-corrected chi connectivity index (χ0v) is 16.9. The quantitative estimate of drug-likeness (QED) is 0.736. The van der Waals surface area contributed by atoms with Crippen molar-refractivity contribution >= 4 is 11.3 Å². The lowest BCUT2D eigenvalue weighted by Crippen LogP contribution is -2.36. The Bertz CT molecular complexity index is 998. The van der Waals surface area contributed by atoms with Gasteiger partial charge in [0.2, 0.25) is 0 Å². The number of aromatic amines is 1. The molecule has 1 aliphatic heterocycles.